The first-order chi connectivity index (χ1) is 16.3. The predicted octanol–water partition coefficient (Wildman–Crippen LogP) is 7.16. The number of hydrogen-bond donors (Lipinski definition) is 0. The van der Waals surface area contributed by atoms with Gasteiger partial charge in [-0.2, -0.15) is 0 Å². The van der Waals surface area contributed by atoms with E-state index in [9.17, 15) is 0 Å². The Labute approximate surface area is 211 Å². The van der Waals surface area contributed by atoms with E-state index >= 15 is 0 Å². The van der Waals surface area contributed by atoms with Crippen LogP contribution in [-0.2, 0) is 33.1 Å². The monoisotopic (exact) mass is 617 g/mol. The van der Waals surface area contributed by atoms with Crippen molar-refractivity contribution < 1.29 is 20.1 Å². The van der Waals surface area contributed by atoms with Gasteiger partial charge in [0.05, 0.1) is 5.65 Å². The van der Waals surface area contributed by atoms with Gasteiger partial charge in [0.15, 0.2) is 0 Å². The van der Waals surface area contributed by atoms with Crippen molar-refractivity contribution in [1.82, 2.24) is 14.0 Å². The van der Waals surface area contributed by atoms with Crippen molar-refractivity contribution in [3.05, 3.63) is 108 Å². The second-order valence-corrected chi connectivity index (χ2v) is 8.72. The topological polar surface area (TPSA) is 22.2 Å². The van der Waals surface area contributed by atoms with Gasteiger partial charge in [-0.25, -0.2) is 0 Å². The first-order valence-corrected chi connectivity index (χ1v) is 11.5. The summed E-state index contributed by atoms with van der Waals surface area (Å²) in [5.41, 5.74) is 7.34. The maximum absolute atomic E-state index is 4.61. The summed E-state index contributed by atoms with van der Waals surface area (Å²) in [6.07, 6.45) is 4.77. The molecular formula is C30H22IrN3-. The molecule has 4 heteroatoms. The van der Waals surface area contributed by atoms with Crippen molar-refractivity contribution in [1.29, 1.82) is 0 Å². The summed E-state index contributed by atoms with van der Waals surface area (Å²) in [5.74, 6) is 0. The molecule has 0 N–H and O–H groups in total. The van der Waals surface area contributed by atoms with Gasteiger partial charge in [0, 0.05) is 66.4 Å². The van der Waals surface area contributed by atoms with Crippen LogP contribution in [0.2, 0.25) is 0 Å². The molecule has 7 aromatic rings. The van der Waals surface area contributed by atoms with Gasteiger partial charge in [-0.15, -0.1) is 29.1 Å². The minimum atomic E-state index is 0. The van der Waals surface area contributed by atoms with Crippen molar-refractivity contribution in [2.24, 2.45) is 0 Å². The molecule has 0 spiro atoms. The average molecular weight is 617 g/mol. The number of aryl methyl sites for hydroxylation is 1. The van der Waals surface area contributed by atoms with Crippen LogP contribution in [0.1, 0.15) is 18.1 Å². The molecule has 7 rings (SSSR count). The van der Waals surface area contributed by atoms with Crippen molar-refractivity contribution in [3.8, 4) is 0 Å². The first-order valence-electron chi connectivity index (χ1n) is 11.5. The van der Waals surface area contributed by atoms with Crippen LogP contribution in [-0.4, -0.2) is 14.0 Å². The van der Waals surface area contributed by atoms with E-state index in [0.717, 1.165) is 24.0 Å². The number of fused-ring (bicyclic) bond motifs is 9. The van der Waals surface area contributed by atoms with Crippen LogP contribution in [0.3, 0.4) is 0 Å². The van der Waals surface area contributed by atoms with Crippen LogP contribution in [0.5, 0.6) is 0 Å². The van der Waals surface area contributed by atoms with Gasteiger partial charge in [0.2, 0.25) is 0 Å². The zero-order valence-corrected chi connectivity index (χ0v) is 21.1. The van der Waals surface area contributed by atoms with E-state index in [1.807, 2.05) is 12.4 Å². The molecule has 0 aliphatic rings. The largest absolute Gasteiger partial charge is 0.341 e. The minimum Gasteiger partial charge on any atom is -0.341 e. The van der Waals surface area contributed by atoms with Gasteiger partial charge in [-0.1, -0.05) is 53.4 Å². The Hall–Kier alpha value is -3.46. The summed E-state index contributed by atoms with van der Waals surface area (Å²) in [4.78, 5) is 4.61. The smallest absolute Gasteiger partial charge is 0.0608 e. The van der Waals surface area contributed by atoms with Crippen LogP contribution in [0.15, 0.2) is 91.3 Å². The van der Waals surface area contributed by atoms with E-state index in [1.165, 1.54) is 49.2 Å². The molecule has 1 radical (unpaired) electrons. The molecule has 0 saturated carbocycles. The third kappa shape index (κ3) is 3.03. The van der Waals surface area contributed by atoms with Crippen LogP contribution in [0, 0.1) is 6.07 Å². The van der Waals surface area contributed by atoms with Gasteiger partial charge in [-0.05, 0) is 43.0 Å². The number of nitrogens with zero attached hydrogens (tertiary/aromatic N) is 3. The Kier molecular flexibility index (Phi) is 5.02. The maximum Gasteiger partial charge on any atom is 0.0608 e. The van der Waals surface area contributed by atoms with E-state index in [0.29, 0.717) is 0 Å². The van der Waals surface area contributed by atoms with Crippen molar-refractivity contribution in [2.75, 3.05) is 0 Å². The first kappa shape index (κ1) is 21.1. The summed E-state index contributed by atoms with van der Waals surface area (Å²) < 4.78 is 4.56. The number of pyridine rings is 1. The third-order valence-electron chi connectivity index (χ3n) is 6.88. The second-order valence-electron chi connectivity index (χ2n) is 8.72. The summed E-state index contributed by atoms with van der Waals surface area (Å²) in [6, 6.07) is 32.2. The Morgan fingerprint density at radius 1 is 0.765 bits per heavy atom. The molecule has 0 atom stereocenters. The van der Waals surface area contributed by atoms with Gasteiger partial charge in [0.1, 0.15) is 0 Å². The molecule has 0 fully saturated rings. The number of aromatic nitrogens is 3. The van der Waals surface area contributed by atoms with Crippen molar-refractivity contribution in [2.45, 2.75) is 19.9 Å². The Morgan fingerprint density at radius 2 is 1.47 bits per heavy atom. The molecule has 0 amide bonds. The van der Waals surface area contributed by atoms with Crippen LogP contribution >= 0.6 is 0 Å². The van der Waals surface area contributed by atoms with Crippen molar-refractivity contribution >= 4 is 49.1 Å². The quantitative estimate of drug-likeness (QED) is 0.153. The Morgan fingerprint density at radius 3 is 2.29 bits per heavy atom. The normalized spacial score (nSPS) is 11.7. The molecule has 34 heavy (non-hydrogen) atoms. The SMILES string of the molecule is CCn1c2ccccc2c2cc(Cc3c[c-]c4c(c3)c3ccccc3n3ccnc43)ccc21.[Ir]. The number of rotatable bonds is 3. The fraction of sp³-hybridized carbons (Fsp3) is 0.100. The molecule has 167 valence electrons. The van der Waals surface area contributed by atoms with Crippen LogP contribution in [0.25, 0.3) is 49.1 Å². The fourth-order valence-corrected chi connectivity index (χ4v) is 5.42. The Balaban J connectivity index is 0.00000217. The number of hydrogen-bond acceptors (Lipinski definition) is 1. The van der Waals surface area contributed by atoms with E-state index in [-0.39, 0.29) is 20.1 Å². The van der Waals surface area contributed by atoms with Gasteiger partial charge >= 0.3 is 0 Å². The zero-order valence-electron chi connectivity index (χ0n) is 18.7. The summed E-state index contributed by atoms with van der Waals surface area (Å²) in [5, 5.41) is 6.18. The zero-order chi connectivity index (χ0) is 21.9. The van der Waals surface area contributed by atoms with E-state index in [1.54, 1.807) is 0 Å². The summed E-state index contributed by atoms with van der Waals surface area (Å²) >= 11 is 0. The summed E-state index contributed by atoms with van der Waals surface area (Å²) in [6.45, 7) is 3.18. The van der Waals surface area contributed by atoms with Crippen LogP contribution < -0.4 is 0 Å². The summed E-state index contributed by atoms with van der Waals surface area (Å²) in [7, 11) is 0. The van der Waals surface area contributed by atoms with E-state index in [4.69, 9.17) is 0 Å². The molecule has 3 nitrogen and oxygen atoms in total. The molecular weight excluding hydrogens is 595 g/mol. The third-order valence-corrected chi connectivity index (χ3v) is 6.88. The molecule has 0 aliphatic carbocycles. The maximum atomic E-state index is 4.61. The molecule has 0 bridgehead atoms. The van der Waals surface area contributed by atoms with Gasteiger partial charge in [0.25, 0.3) is 0 Å². The molecule has 0 unspecified atom stereocenters. The van der Waals surface area contributed by atoms with Gasteiger partial charge in [-0.3, -0.25) is 4.98 Å². The molecule has 0 aliphatic heterocycles. The number of benzene rings is 4. The van der Waals surface area contributed by atoms with E-state index < -0.39 is 0 Å². The number of para-hydroxylation sites is 2. The molecule has 3 aromatic heterocycles. The van der Waals surface area contributed by atoms with Gasteiger partial charge < -0.3 is 8.97 Å². The van der Waals surface area contributed by atoms with E-state index in [2.05, 4.69) is 106 Å². The molecule has 4 aromatic carbocycles. The number of imidazole rings is 1. The fourth-order valence-electron chi connectivity index (χ4n) is 5.42. The second kappa shape index (κ2) is 8.09. The predicted molar refractivity (Wildman–Crippen MR) is 137 cm³/mol. The molecule has 0 saturated heterocycles. The standard InChI is InChI=1S/C30H22N3.Ir/c1-2-32-27-9-5-4-8-23(27)26-19-21(12-14-29(26)32)17-20-11-13-24-25(18-20)22-7-3-6-10-28(22)33-16-15-31-30(24)33;/h3-12,14-16,18-19H,2,17H2,1H3;/q-1;. The van der Waals surface area contributed by atoms with Crippen molar-refractivity contribution in [3.63, 3.8) is 0 Å². The van der Waals surface area contributed by atoms with Crippen LogP contribution in [0.4, 0.5) is 0 Å². The Bertz CT molecular complexity index is 1840. The minimum absolute atomic E-state index is 0. The molecule has 3 heterocycles. The average Bonchev–Trinajstić information content (AvgIpc) is 3.47.